The largest absolute Gasteiger partial charge is 0.392 e. The average molecular weight is 342 g/mol. The maximum atomic E-state index is 11.8. The van der Waals surface area contributed by atoms with E-state index in [2.05, 4.69) is 15.0 Å². The van der Waals surface area contributed by atoms with Crippen molar-refractivity contribution in [3.05, 3.63) is 16.7 Å². The van der Waals surface area contributed by atoms with Crippen LogP contribution in [0.25, 0.3) is 11.2 Å². The molecule has 3 heterocycles. The Morgan fingerprint density at radius 2 is 2.26 bits per heavy atom. The van der Waals surface area contributed by atoms with Gasteiger partial charge in [0.1, 0.15) is 0 Å². The number of nitrogen functional groups attached to an aromatic ring is 1. The number of carbonyl (C=O) groups is 1. The number of nitrogens with one attached hydrogen (secondary N) is 1. The van der Waals surface area contributed by atoms with Crippen LogP contribution in [0.5, 0.6) is 0 Å². The molecule has 124 valence electrons. The first-order chi connectivity index (χ1) is 10.8. The Labute approximate surface area is 129 Å². The monoisotopic (exact) mass is 342 g/mol. The molecule has 0 amide bonds. The van der Waals surface area contributed by atoms with E-state index in [0.717, 1.165) is 0 Å². The highest BCUT2D eigenvalue weighted by atomic mass is 31.2. The predicted octanol–water partition coefficient (Wildman–Crippen LogP) is -1.35. The van der Waals surface area contributed by atoms with E-state index in [1.807, 2.05) is 0 Å². The third-order valence-electron chi connectivity index (χ3n) is 3.78. The molecule has 1 saturated heterocycles. The second kappa shape index (κ2) is 5.53. The summed E-state index contributed by atoms with van der Waals surface area (Å²) < 4.78 is 12.6. The number of anilines is 1. The Morgan fingerprint density at radius 1 is 1.52 bits per heavy atom. The molecule has 0 spiro atoms. The fraction of sp³-hybridized carbons (Fsp3) is 0.455. The fourth-order valence-electron chi connectivity index (χ4n) is 2.68. The summed E-state index contributed by atoms with van der Waals surface area (Å²) in [6.45, 7) is 0.573. The van der Waals surface area contributed by atoms with Gasteiger partial charge in [0.15, 0.2) is 11.2 Å². The molecule has 5 N–H and O–H groups in total. The molecule has 12 heteroatoms. The molecule has 0 aliphatic carbocycles. The first-order valence-corrected chi connectivity index (χ1v) is 8.40. The van der Waals surface area contributed by atoms with Gasteiger partial charge in [-0.2, -0.15) is 4.98 Å². The zero-order valence-corrected chi connectivity index (χ0v) is 12.8. The minimum absolute atomic E-state index is 0.0178. The van der Waals surface area contributed by atoms with Crippen molar-refractivity contribution < 1.29 is 19.1 Å². The number of carbonyl (C=O) groups excluding carboxylic acids is 1. The van der Waals surface area contributed by atoms with Gasteiger partial charge in [0, 0.05) is 13.1 Å². The topological polar surface area (TPSA) is 167 Å². The number of H-pyrrole nitrogens is 1. The highest BCUT2D eigenvalue weighted by Gasteiger charge is 2.32. The molecule has 1 aliphatic rings. The van der Waals surface area contributed by atoms with Gasteiger partial charge in [-0.25, -0.2) is 4.98 Å². The van der Waals surface area contributed by atoms with Crippen LogP contribution in [0.1, 0.15) is 12.5 Å². The van der Waals surface area contributed by atoms with Gasteiger partial charge in [-0.1, -0.05) is 0 Å². The molecular formula is C11H15N6O5P. The number of hydrogen-bond acceptors (Lipinski definition) is 7. The normalized spacial score (nSPS) is 19.5. The zero-order valence-electron chi connectivity index (χ0n) is 11.9. The lowest BCUT2D eigenvalue weighted by Gasteiger charge is -2.16. The smallest absolute Gasteiger partial charge is 0.369 e. The summed E-state index contributed by atoms with van der Waals surface area (Å²) in [5.41, 5.74) is 4.52. The summed E-state index contributed by atoms with van der Waals surface area (Å²) in [4.78, 5) is 53.0. The van der Waals surface area contributed by atoms with Gasteiger partial charge in [-0.15, -0.1) is 0 Å². The summed E-state index contributed by atoms with van der Waals surface area (Å²) in [6, 6.07) is -0.113. The summed E-state index contributed by atoms with van der Waals surface area (Å²) in [7, 11) is -4.72. The molecule has 1 atom stereocenters. The molecule has 3 rings (SSSR count). The lowest BCUT2D eigenvalue weighted by Crippen LogP contribution is -2.28. The average Bonchev–Trinajstić information content (AvgIpc) is 3.03. The number of rotatable bonds is 4. The molecule has 0 saturated carbocycles. The van der Waals surface area contributed by atoms with Crippen LogP contribution in [-0.2, 0) is 9.36 Å². The van der Waals surface area contributed by atoms with Crippen molar-refractivity contribution in [1.82, 2.24) is 24.4 Å². The van der Waals surface area contributed by atoms with Crippen LogP contribution in [0.3, 0.4) is 0 Å². The summed E-state index contributed by atoms with van der Waals surface area (Å²) >= 11 is 0. The minimum atomic E-state index is -4.72. The van der Waals surface area contributed by atoms with Crippen molar-refractivity contribution in [3.8, 4) is 0 Å². The maximum Gasteiger partial charge on any atom is 0.392 e. The van der Waals surface area contributed by atoms with Crippen LogP contribution in [-0.4, -0.2) is 59.4 Å². The van der Waals surface area contributed by atoms with Crippen LogP contribution < -0.4 is 11.3 Å². The SMILES string of the molecule is Nc1nc2c(ncn2[C@H]2CCN(CC(=O)P(=O)(O)O)C2)c(=O)[nH]1. The quantitative estimate of drug-likeness (QED) is 0.491. The highest BCUT2D eigenvalue weighted by Crippen LogP contribution is 2.36. The number of likely N-dealkylation sites (tertiary alicyclic amines) is 1. The van der Waals surface area contributed by atoms with E-state index in [1.54, 1.807) is 9.47 Å². The number of hydrogen-bond donors (Lipinski definition) is 4. The van der Waals surface area contributed by atoms with Gasteiger partial charge in [0.25, 0.3) is 11.1 Å². The Hall–Kier alpha value is -2.07. The Kier molecular flexibility index (Phi) is 3.80. The maximum absolute atomic E-state index is 11.8. The van der Waals surface area contributed by atoms with Gasteiger partial charge in [0.2, 0.25) is 5.95 Å². The predicted molar refractivity (Wildman–Crippen MR) is 79.7 cm³/mol. The number of nitrogens with two attached hydrogens (primary N) is 1. The van der Waals surface area contributed by atoms with Crippen molar-refractivity contribution in [2.24, 2.45) is 0 Å². The van der Waals surface area contributed by atoms with E-state index < -0.39 is 18.7 Å². The fourth-order valence-corrected chi connectivity index (χ4v) is 3.06. The van der Waals surface area contributed by atoms with E-state index in [-0.39, 0.29) is 24.1 Å². The first kappa shape index (κ1) is 15.8. The van der Waals surface area contributed by atoms with E-state index in [0.29, 0.717) is 25.2 Å². The Balaban J connectivity index is 1.81. The Morgan fingerprint density at radius 3 is 2.96 bits per heavy atom. The van der Waals surface area contributed by atoms with Crippen LogP contribution in [0, 0.1) is 0 Å². The van der Waals surface area contributed by atoms with Crippen LogP contribution in [0.4, 0.5) is 5.95 Å². The zero-order chi connectivity index (χ0) is 16.8. The summed E-state index contributed by atoms with van der Waals surface area (Å²) in [5, 5.41) is 0. The van der Waals surface area contributed by atoms with E-state index in [1.165, 1.54) is 6.33 Å². The minimum Gasteiger partial charge on any atom is -0.369 e. The van der Waals surface area contributed by atoms with Crippen LogP contribution in [0.2, 0.25) is 0 Å². The first-order valence-electron chi connectivity index (χ1n) is 6.79. The molecule has 0 aromatic carbocycles. The Bertz CT molecular complexity index is 869. The number of aromatic amines is 1. The number of imidazole rings is 1. The standard InChI is InChI=1S/C11H15N6O5P/c12-11-14-9-8(10(19)15-11)13-5-17(9)6-1-2-16(3-6)4-7(18)23(20,21)22/h5-6H,1-4H2,(H2,20,21,22)(H3,12,14,15,19)/t6-/m0/s1. The molecule has 0 radical (unpaired) electrons. The summed E-state index contributed by atoms with van der Waals surface area (Å²) in [5.74, 6) is -0.0178. The van der Waals surface area contributed by atoms with Gasteiger partial charge in [-0.3, -0.25) is 24.0 Å². The van der Waals surface area contributed by atoms with Crippen molar-refractivity contribution in [3.63, 3.8) is 0 Å². The molecule has 11 nitrogen and oxygen atoms in total. The summed E-state index contributed by atoms with van der Waals surface area (Å²) in [6.07, 6.45) is 2.11. The molecule has 0 bridgehead atoms. The van der Waals surface area contributed by atoms with E-state index in [9.17, 15) is 14.2 Å². The van der Waals surface area contributed by atoms with Crippen LogP contribution in [0.15, 0.2) is 11.1 Å². The molecule has 0 unspecified atom stereocenters. The van der Waals surface area contributed by atoms with Crippen molar-refractivity contribution in [2.45, 2.75) is 12.5 Å². The molecule has 1 aliphatic heterocycles. The number of nitrogens with zero attached hydrogens (tertiary/aromatic N) is 4. The molecule has 2 aromatic heterocycles. The second-order valence-corrected chi connectivity index (χ2v) is 6.98. The van der Waals surface area contributed by atoms with Gasteiger partial charge < -0.3 is 20.1 Å². The van der Waals surface area contributed by atoms with Gasteiger partial charge >= 0.3 is 7.60 Å². The van der Waals surface area contributed by atoms with Crippen LogP contribution >= 0.6 is 7.60 Å². The molecule has 2 aromatic rings. The van der Waals surface area contributed by atoms with Crippen molar-refractivity contribution in [2.75, 3.05) is 25.4 Å². The molecule has 23 heavy (non-hydrogen) atoms. The highest BCUT2D eigenvalue weighted by molar-refractivity contribution is 7.70. The van der Waals surface area contributed by atoms with Crippen molar-refractivity contribution in [1.29, 1.82) is 0 Å². The van der Waals surface area contributed by atoms with Gasteiger partial charge in [-0.05, 0) is 6.42 Å². The second-order valence-electron chi connectivity index (χ2n) is 5.39. The van der Waals surface area contributed by atoms with Crippen molar-refractivity contribution >= 4 is 30.2 Å². The van der Waals surface area contributed by atoms with E-state index >= 15 is 0 Å². The van der Waals surface area contributed by atoms with E-state index in [4.69, 9.17) is 15.5 Å². The third-order valence-corrected chi connectivity index (χ3v) is 4.57. The molecular weight excluding hydrogens is 327 g/mol. The lowest BCUT2D eigenvalue weighted by atomic mass is 10.2. The number of aromatic nitrogens is 4. The lowest BCUT2D eigenvalue weighted by molar-refractivity contribution is -0.114. The number of fused-ring (bicyclic) bond motifs is 1. The molecule has 1 fully saturated rings. The van der Waals surface area contributed by atoms with Gasteiger partial charge in [0.05, 0.1) is 18.9 Å². The third kappa shape index (κ3) is 3.04.